The Balaban J connectivity index is 2.29. The molecule has 0 radical (unpaired) electrons. The molecular formula is C16H16N2O6. The van der Waals surface area contributed by atoms with Crippen LogP contribution in [0.2, 0.25) is 0 Å². The number of methoxy groups -OCH3 is 1. The van der Waals surface area contributed by atoms with E-state index in [2.05, 4.69) is 4.98 Å². The normalized spacial score (nSPS) is 10.1. The van der Waals surface area contributed by atoms with E-state index in [0.29, 0.717) is 12.3 Å². The number of benzene rings is 1. The van der Waals surface area contributed by atoms with Crippen LogP contribution in [-0.4, -0.2) is 29.6 Å². The molecule has 0 amide bonds. The van der Waals surface area contributed by atoms with Gasteiger partial charge in [0, 0.05) is 12.3 Å². The summed E-state index contributed by atoms with van der Waals surface area (Å²) < 4.78 is 15.5. The number of carbonyl (C=O) groups is 1. The minimum absolute atomic E-state index is 0.0909. The lowest BCUT2D eigenvalue weighted by atomic mass is 10.1. The topological polar surface area (TPSA) is 101 Å². The number of pyridine rings is 1. The Morgan fingerprint density at radius 3 is 2.67 bits per heavy atom. The Hall–Kier alpha value is -3.16. The summed E-state index contributed by atoms with van der Waals surface area (Å²) in [4.78, 5) is 26.8. The first kappa shape index (κ1) is 17.2. The van der Waals surface area contributed by atoms with Crippen LogP contribution >= 0.6 is 0 Å². The number of hydrogen-bond donors (Lipinski definition) is 0. The van der Waals surface area contributed by atoms with Crippen molar-refractivity contribution < 1.29 is 23.9 Å². The number of carbonyl (C=O) groups excluding carboxylic acids is 1. The van der Waals surface area contributed by atoms with Crippen molar-refractivity contribution in [3.05, 3.63) is 57.9 Å². The van der Waals surface area contributed by atoms with E-state index in [0.717, 1.165) is 6.07 Å². The van der Waals surface area contributed by atoms with Gasteiger partial charge in [0.25, 0.3) is 5.69 Å². The molecule has 2 aromatic rings. The third-order valence-electron chi connectivity index (χ3n) is 3.08. The maximum absolute atomic E-state index is 12.2. The van der Waals surface area contributed by atoms with Gasteiger partial charge in [0.1, 0.15) is 12.2 Å². The van der Waals surface area contributed by atoms with Crippen molar-refractivity contribution >= 4 is 11.7 Å². The molecule has 0 aliphatic heterocycles. The molecule has 126 valence electrons. The van der Waals surface area contributed by atoms with Crippen molar-refractivity contribution in [2.45, 2.75) is 13.5 Å². The summed E-state index contributed by atoms with van der Waals surface area (Å²) in [6.07, 6.45) is 1.56. The Kier molecular flexibility index (Phi) is 5.67. The van der Waals surface area contributed by atoms with Gasteiger partial charge in [-0.1, -0.05) is 6.07 Å². The lowest BCUT2D eigenvalue weighted by molar-refractivity contribution is -0.385. The van der Waals surface area contributed by atoms with Gasteiger partial charge >= 0.3 is 5.97 Å². The first-order chi connectivity index (χ1) is 11.6. The molecular weight excluding hydrogens is 316 g/mol. The van der Waals surface area contributed by atoms with Crippen LogP contribution in [0.25, 0.3) is 0 Å². The van der Waals surface area contributed by atoms with E-state index < -0.39 is 16.6 Å². The number of rotatable bonds is 7. The number of nitrogens with zero attached hydrogens (tertiary/aromatic N) is 2. The smallest absolute Gasteiger partial charge is 0.345 e. The molecule has 0 spiro atoms. The van der Waals surface area contributed by atoms with Crippen LogP contribution in [0.3, 0.4) is 0 Å². The first-order valence-corrected chi connectivity index (χ1v) is 7.13. The maximum atomic E-state index is 12.2. The number of nitro benzene ring substituents is 1. The molecule has 1 heterocycles. The van der Waals surface area contributed by atoms with Crippen molar-refractivity contribution in [1.82, 2.24) is 4.98 Å². The Labute approximate surface area is 138 Å². The minimum Gasteiger partial charge on any atom is -0.493 e. The third-order valence-corrected chi connectivity index (χ3v) is 3.08. The minimum atomic E-state index is -0.839. The van der Waals surface area contributed by atoms with Crippen LogP contribution in [0.1, 0.15) is 23.0 Å². The highest BCUT2D eigenvalue weighted by Crippen LogP contribution is 2.35. The summed E-state index contributed by atoms with van der Waals surface area (Å²) in [6, 6.07) is 7.55. The zero-order valence-corrected chi connectivity index (χ0v) is 13.2. The first-order valence-electron chi connectivity index (χ1n) is 7.13. The van der Waals surface area contributed by atoms with Gasteiger partial charge in [-0.05, 0) is 19.1 Å². The largest absolute Gasteiger partial charge is 0.493 e. The number of nitro groups is 1. The van der Waals surface area contributed by atoms with E-state index in [9.17, 15) is 14.9 Å². The Bertz CT molecular complexity index is 733. The SMILES string of the molecule is CCOc1cc([N+](=O)[O-])c(C(=O)OCc2ccccn2)cc1OC. The second-order valence-electron chi connectivity index (χ2n) is 4.61. The molecule has 0 atom stereocenters. The fourth-order valence-electron chi connectivity index (χ4n) is 1.99. The van der Waals surface area contributed by atoms with E-state index in [1.54, 1.807) is 31.3 Å². The standard InChI is InChI=1S/C16H16N2O6/c1-3-23-15-9-13(18(20)21)12(8-14(15)22-2)16(19)24-10-11-6-4-5-7-17-11/h4-9H,3,10H2,1-2H3. The van der Waals surface area contributed by atoms with Gasteiger partial charge < -0.3 is 14.2 Å². The second kappa shape index (κ2) is 7.91. The maximum Gasteiger partial charge on any atom is 0.345 e. The third kappa shape index (κ3) is 3.97. The monoisotopic (exact) mass is 332 g/mol. The predicted octanol–water partition coefficient (Wildman–Crippen LogP) is 2.75. The van der Waals surface area contributed by atoms with E-state index in [-0.39, 0.29) is 23.7 Å². The Morgan fingerprint density at radius 1 is 1.29 bits per heavy atom. The van der Waals surface area contributed by atoms with Gasteiger partial charge in [0.15, 0.2) is 11.5 Å². The van der Waals surface area contributed by atoms with Gasteiger partial charge in [-0.2, -0.15) is 0 Å². The van der Waals surface area contributed by atoms with Gasteiger partial charge in [0.2, 0.25) is 0 Å². The van der Waals surface area contributed by atoms with Crippen molar-refractivity contribution in [2.75, 3.05) is 13.7 Å². The molecule has 0 aliphatic carbocycles. The van der Waals surface area contributed by atoms with Crippen molar-refractivity contribution in [3.8, 4) is 11.5 Å². The second-order valence-corrected chi connectivity index (χ2v) is 4.61. The summed E-state index contributed by atoms with van der Waals surface area (Å²) >= 11 is 0. The predicted molar refractivity (Wildman–Crippen MR) is 84.2 cm³/mol. The van der Waals surface area contributed by atoms with Crippen molar-refractivity contribution in [2.24, 2.45) is 0 Å². The quantitative estimate of drug-likeness (QED) is 0.436. The highest BCUT2D eigenvalue weighted by atomic mass is 16.6. The summed E-state index contributed by atoms with van der Waals surface area (Å²) in [7, 11) is 1.38. The number of esters is 1. The molecule has 8 nitrogen and oxygen atoms in total. The van der Waals surface area contributed by atoms with Gasteiger partial charge in [-0.15, -0.1) is 0 Å². The lowest BCUT2D eigenvalue weighted by Crippen LogP contribution is -2.10. The molecule has 0 N–H and O–H groups in total. The number of ether oxygens (including phenoxy) is 3. The van der Waals surface area contributed by atoms with E-state index in [4.69, 9.17) is 14.2 Å². The molecule has 0 fully saturated rings. The fourth-order valence-corrected chi connectivity index (χ4v) is 1.99. The lowest BCUT2D eigenvalue weighted by Gasteiger charge is -2.11. The van der Waals surface area contributed by atoms with Gasteiger partial charge in [-0.3, -0.25) is 15.1 Å². The molecule has 0 unspecified atom stereocenters. The zero-order chi connectivity index (χ0) is 17.5. The summed E-state index contributed by atoms with van der Waals surface area (Å²) in [5.74, 6) is -0.436. The average Bonchev–Trinajstić information content (AvgIpc) is 2.60. The van der Waals surface area contributed by atoms with Gasteiger partial charge in [0.05, 0.1) is 30.4 Å². The summed E-state index contributed by atoms with van der Waals surface area (Å²) in [6.45, 7) is 1.95. The molecule has 8 heteroatoms. The molecule has 24 heavy (non-hydrogen) atoms. The molecule has 0 saturated carbocycles. The summed E-state index contributed by atoms with van der Waals surface area (Å²) in [5, 5.41) is 11.2. The van der Waals surface area contributed by atoms with E-state index in [1.807, 2.05) is 0 Å². The Morgan fingerprint density at radius 2 is 2.08 bits per heavy atom. The van der Waals surface area contributed by atoms with Crippen LogP contribution in [0.15, 0.2) is 36.5 Å². The van der Waals surface area contributed by atoms with E-state index in [1.165, 1.54) is 13.2 Å². The van der Waals surface area contributed by atoms with Crippen LogP contribution in [0.4, 0.5) is 5.69 Å². The molecule has 0 aliphatic rings. The number of aromatic nitrogens is 1. The molecule has 0 bridgehead atoms. The molecule has 0 saturated heterocycles. The van der Waals surface area contributed by atoms with Crippen molar-refractivity contribution in [3.63, 3.8) is 0 Å². The van der Waals surface area contributed by atoms with Crippen LogP contribution in [-0.2, 0) is 11.3 Å². The molecule has 2 rings (SSSR count). The zero-order valence-electron chi connectivity index (χ0n) is 13.2. The van der Waals surface area contributed by atoms with Gasteiger partial charge in [-0.25, -0.2) is 4.79 Å². The van der Waals surface area contributed by atoms with Crippen molar-refractivity contribution in [1.29, 1.82) is 0 Å². The highest BCUT2D eigenvalue weighted by Gasteiger charge is 2.26. The van der Waals surface area contributed by atoms with Crippen LogP contribution in [0.5, 0.6) is 11.5 Å². The van der Waals surface area contributed by atoms with E-state index >= 15 is 0 Å². The fraction of sp³-hybridized carbons (Fsp3) is 0.250. The summed E-state index contributed by atoms with van der Waals surface area (Å²) in [5.41, 5.74) is -0.0899. The average molecular weight is 332 g/mol. The molecule has 1 aromatic heterocycles. The molecule has 1 aromatic carbocycles. The number of hydrogen-bond acceptors (Lipinski definition) is 7. The van der Waals surface area contributed by atoms with Crippen LogP contribution in [0, 0.1) is 10.1 Å². The highest BCUT2D eigenvalue weighted by molar-refractivity contribution is 5.95. The van der Waals surface area contributed by atoms with Crippen LogP contribution < -0.4 is 9.47 Å².